The number of alkyl halides is 38. The third-order valence-electron chi connectivity index (χ3n) is 7.10. The zero-order valence-electron chi connectivity index (χ0n) is 24.7. The van der Waals surface area contributed by atoms with E-state index in [1.54, 1.807) is 0 Å². The molecule has 2 nitrogen and oxygen atoms in total. The fraction of sp³-hybridized carbons (Fsp3) is 1.00. The minimum atomic E-state index is -11.6. The van der Waals surface area contributed by atoms with E-state index in [-0.39, 0.29) is 0 Å². The molecule has 0 unspecified atom stereocenters. The summed E-state index contributed by atoms with van der Waals surface area (Å²) in [6, 6.07) is 0. The van der Waals surface area contributed by atoms with Gasteiger partial charge in [0.1, 0.15) is 0 Å². The van der Waals surface area contributed by atoms with Crippen molar-refractivity contribution in [2.75, 3.05) is 0 Å². The highest BCUT2D eigenvalue weighted by molar-refractivity contribution is 7.60. The molecule has 0 aromatic heterocycles. The van der Waals surface area contributed by atoms with Crippen LogP contribution in [-0.2, 0) is 4.57 Å². The van der Waals surface area contributed by atoms with E-state index >= 15 is 0 Å². The number of rotatable bonds is 14. The number of hydrogen-bond acceptors (Lipinski definition) is 1. The Morgan fingerprint density at radius 1 is 0.220 bits per heavy atom. The molecule has 0 rings (SSSR count). The van der Waals surface area contributed by atoms with E-state index in [4.69, 9.17) is 4.89 Å². The molecule has 41 heteroatoms. The Morgan fingerprint density at radius 3 is 0.475 bits per heavy atom. The zero-order chi connectivity index (χ0) is 49.5. The minimum absolute atomic E-state index is 8.46. The molecule has 0 saturated heterocycles. The molecule has 0 atom stereocenters. The van der Waals surface area contributed by atoms with Crippen LogP contribution in [0.25, 0.3) is 0 Å². The Bertz CT molecular complexity index is 1460. The lowest BCUT2D eigenvalue weighted by Crippen LogP contribution is -2.78. The Hall–Kier alpha value is -2.47. The van der Waals surface area contributed by atoms with E-state index < -0.39 is 114 Å². The van der Waals surface area contributed by atoms with Crippen molar-refractivity contribution < 1.29 is 176 Å². The van der Waals surface area contributed by atoms with Gasteiger partial charge in [-0.25, -0.2) is 8.78 Å². The largest absolute Gasteiger partial charge is 0.438 e. The lowest BCUT2D eigenvalue weighted by Gasteiger charge is -2.47. The van der Waals surface area contributed by atoms with Crippen LogP contribution in [0.4, 0.5) is 167 Å². The van der Waals surface area contributed by atoms with Crippen molar-refractivity contribution in [3.63, 3.8) is 0 Å². The molecule has 0 spiro atoms. The monoisotopic (exact) mass is 1000 g/mol. The highest BCUT2D eigenvalue weighted by Gasteiger charge is 3.03. The predicted octanol–water partition coefficient (Wildman–Crippen LogP) is 12.5. The van der Waals surface area contributed by atoms with Gasteiger partial charge in [0.2, 0.25) is 0 Å². The second kappa shape index (κ2) is 13.3. The first-order valence-electron chi connectivity index (χ1n) is 12.0. The van der Waals surface area contributed by atoms with E-state index in [1.807, 2.05) is 0 Å². The molecule has 59 heavy (non-hydrogen) atoms. The molecular formula is C18HF38O2P. The van der Waals surface area contributed by atoms with Crippen LogP contribution in [0.2, 0.25) is 0 Å². The summed E-state index contributed by atoms with van der Waals surface area (Å²) in [6.07, 6.45) is -35.8. The molecule has 0 aliphatic carbocycles. The van der Waals surface area contributed by atoms with E-state index in [0.717, 1.165) is 0 Å². The molecule has 0 saturated carbocycles. The highest BCUT2D eigenvalue weighted by atomic mass is 31.2. The van der Waals surface area contributed by atoms with E-state index in [0.29, 0.717) is 0 Å². The summed E-state index contributed by atoms with van der Waals surface area (Å²) in [5.74, 6) is -102. The first kappa shape index (κ1) is 56.5. The maximum absolute atomic E-state index is 14.1. The molecule has 356 valence electrons. The molecule has 0 aliphatic rings. The Labute approximate surface area is 291 Å². The van der Waals surface area contributed by atoms with Gasteiger partial charge in [-0.3, -0.25) is 4.57 Å². The maximum Gasteiger partial charge on any atom is 0.438 e. The lowest BCUT2D eigenvalue weighted by atomic mass is 9.84. The van der Waals surface area contributed by atoms with Crippen LogP contribution in [0.5, 0.6) is 0 Å². The van der Waals surface area contributed by atoms with Gasteiger partial charge in [0.05, 0.1) is 0 Å². The van der Waals surface area contributed by atoms with Crippen molar-refractivity contribution in [1.29, 1.82) is 0 Å². The molecular weight excluding hydrogens is 1000 g/mol. The van der Waals surface area contributed by atoms with Crippen molar-refractivity contribution in [3.8, 4) is 0 Å². The van der Waals surface area contributed by atoms with Crippen molar-refractivity contribution in [1.82, 2.24) is 0 Å². The van der Waals surface area contributed by atoms with E-state index in [2.05, 4.69) is 0 Å². The maximum atomic E-state index is 14.1. The summed E-state index contributed by atoms with van der Waals surface area (Å²) < 4.78 is 520. The van der Waals surface area contributed by atoms with Crippen LogP contribution in [0, 0.1) is 0 Å². The Balaban J connectivity index is 8.09. The smallest absolute Gasteiger partial charge is 0.336 e. The van der Waals surface area contributed by atoms with Crippen molar-refractivity contribution in [3.05, 3.63) is 0 Å². The average molecular weight is 1000 g/mol. The summed E-state index contributed by atoms with van der Waals surface area (Å²) in [4.78, 5) is 8.46. The SMILES string of the molecule is O=P(O)(C(F)(F)C(F)(F)C(F)(F)C(F)(F)C(F)(F)C(F)(F)C(F)(C(F)(F)F)C(F)(F)F)C(F)(F)C(F)(F)C(F)(F)C(F)(F)C(F)(F)C(F)(F)C(F)(C(F)(F)F)C(F)(F)F. The molecule has 0 aromatic rings. The van der Waals surface area contributed by atoms with E-state index in [1.165, 1.54) is 0 Å². The van der Waals surface area contributed by atoms with Crippen LogP contribution >= 0.6 is 7.37 Å². The van der Waals surface area contributed by atoms with Crippen molar-refractivity contribution >= 4 is 7.37 Å². The van der Waals surface area contributed by atoms with Crippen LogP contribution in [-0.4, -0.2) is 111 Å². The van der Waals surface area contributed by atoms with Gasteiger partial charge >= 0.3 is 114 Å². The summed E-state index contributed by atoms with van der Waals surface area (Å²) in [5, 5.41) is 0. The molecule has 0 fully saturated rings. The standard InChI is InChI=1S/C18HF38O2P/c19-1(13(41,42)43,14(44,45)46)3(21,22)5(25,26)7(29,30)9(33,34)11(37,38)17(53,54)59(57,58)18(55,56)12(39,40)10(35,36)8(31,32)6(27,28)4(23,24)2(20,15(47,48)49)16(50,51)52/h(H,57,58). The topological polar surface area (TPSA) is 37.3 Å². The van der Waals surface area contributed by atoms with E-state index in [9.17, 15) is 171 Å². The Kier molecular flexibility index (Phi) is 12.7. The molecule has 0 amide bonds. The van der Waals surface area contributed by atoms with Gasteiger partial charge in [-0.1, -0.05) is 0 Å². The zero-order valence-corrected chi connectivity index (χ0v) is 25.6. The van der Waals surface area contributed by atoms with Crippen molar-refractivity contribution in [2.24, 2.45) is 0 Å². The van der Waals surface area contributed by atoms with Gasteiger partial charge in [-0.15, -0.1) is 0 Å². The second-order valence-electron chi connectivity index (χ2n) is 10.7. The summed E-state index contributed by atoms with van der Waals surface area (Å²) >= 11 is 0. The van der Waals surface area contributed by atoms with Gasteiger partial charge in [0.15, 0.2) is 0 Å². The third-order valence-corrected chi connectivity index (χ3v) is 9.18. The fourth-order valence-corrected chi connectivity index (χ4v) is 4.98. The Morgan fingerprint density at radius 2 is 0.339 bits per heavy atom. The summed E-state index contributed by atoms with van der Waals surface area (Å²) in [7, 11) is -11.6. The van der Waals surface area contributed by atoms with Crippen LogP contribution < -0.4 is 0 Å². The van der Waals surface area contributed by atoms with Gasteiger partial charge in [0, 0.05) is 0 Å². The fourth-order valence-electron chi connectivity index (χ4n) is 3.58. The molecule has 0 aliphatic heterocycles. The average Bonchev–Trinajstić information content (AvgIpc) is 2.96. The van der Waals surface area contributed by atoms with Gasteiger partial charge in [-0.05, 0) is 0 Å². The number of hydrogen-bond donors (Lipinski definition) is 1. The number of halogens is 38. The molecule has 0 radical (unpaired) electrons. The van der Waals surface area contributed by atoms with Gasteiger partial charge in [-0.2, -0.15) is 158 Å². The molecule has 0 heterocycles. The minimum Gasteiger partial charge on any atom is -0.336 e. The first-order chi connectivity index (χ1) is 24.5. The highest BCUT2D eigenvalue weighted by Crippen LogP contribution is 2.80. The van der Waals surface area contributed by atoms with Crippen LogP contribution in [0.1, 0.15) is 0 Å². The summed E-state index contributed by atoms with van der Waals surface area (Å²) in [5.41, 5.74) is -39.3. The third kappa shape index (κ3) is 6.25. The quantitative estimate of drug-likeness (QED) is 0.139. The van der Waals surface area contributed by atoms with Crippen LogP contribution in [0.3, 0.4) is 0 Å². The summed E-state index contributed by atoms with van der Waals surface area (Å²) in [6.45, 7) is 0. The van der Waals surface area contributed by atoms with Crippen LogP contribution in [0.15, 0.2) is 0 Å². The molecule has 0 bridgehead atoms. The normalized spacial score (nSPS) is 17.5. The lowest BCUT2D eigenvalue weighted by molar-refractivity contribution is -0.471. The molecule has 0 aromatic carbocycles. The first-order valence-corrected chi connectivity index (χ1v) is 13.7. The van der Waals surface area contributed by atoms with Gasteiger partial charge < -0.3 is 4.89 Å². The molecule has 1 N–H and O–H groups in total. The van der Waals surface area contributed by atoms with Gasteiger partial charge in [0.25, 0.3) is 0 Å². The van der Waals surface area contributed by atoms with Crippen molar-refractivity contribution in [2.45, 2.75) is 107 Å². The predicted molar refractivity (Wildman–Crippen MR) is 101 cm³/mol. The second-order valence-corrected chi connectivity index (χ2v) is 13.0.